The molecule has 27 heavy (non-hydrogen) atoms. The zero-order valence-corrected chi connectivity index (χ0v) is 16.6. The fraction of sp³-hybridized carbons (Fsp3) is 0.421. The fourth-order valence-electron chi connectivity index (χ4n) is 3.37. The first-order chi connectivity index (χ1) is 13.0. The van der Waals surface area contributed by atoms with Crippen LogP contribution in [-0.2, 0) is 11.3 Å². The molecule has 0 saturated carbocycles. The normalized spacial score (nSPS) is 14.8. The molecule has 3 aromatic rings. The lowest BCUT2D eigenvalue weighted by molar-refractivity contribution is -0.132. The van der Waals surface area contributed by atoms with Gasteiger partial charge < -0.3 is 14.5 Å². The molecular weight excluding hydrogens is 362 g/mol. The second-order valence-electron chi connectivity index (χ2n) is 6.78. The summed E-state index contributed by atoms with van der Waals surface area (Å²) in [5.41, 5.74) is 2.95. The number of nitrogens with zero attached hydrogens (tertiary/aromatic N) is 5. The smallest absolute Gasteiger partial charge is 0.244 e. The van der Waals surface area contributed by atoms with Gasteiger partial charge in [-0.15, -0.1) is 0 Å². The SMILES string of the molecule is COc1ccc2nc(N3CCN(C(=O)Cn4nc(C)cc4C)CC3)sc2c1. The van der Waals surface area contributed by atoms with E-state index in [0.717, 1.165) is 45.6 Å². The van der Waals surface area contributed by atoms with Crippen molar-refractivity contribution in [3.05, 3.63) is 35.7 Å². The van der Waals surface area contributed by atoms with Crippen molar-refractivity contribution < 1.29 is 9.53 Å². The molecule has 7 nitrogen and oxygen atoms in total. The summed E-state index contributed by atoms with van der Waals surface area (Å²) in [5, 5.41) is 5.39. The van der Waals surface area contributed by atoms with Crippen LogP contribution in [0.15, 0.2) is 24.3 Å². The number of anilines is 1. The molecule has 3 heterocycles. The predicted octanol–water partition coefficient (Wildman–Crippen LogP) is 2.47. The molecule has 1 aromatic carbocycles. The minimum absolute atomic E-state index is 0.120. The maximum atomic E-state index is 12.6. The van der Waals surface area contributed by atoms with E-state index in [1.807, 2.05) is 43.0 Å². The van der Waals surface area contributed by atoms with E-state index in [1.54, 1.807) is 23.1 Å². The molecule has 142 valence electrons. The van der Waals surface area contributed by atoms with Gasteiger partial charge in [0.1, 0.15) is 12.3 Å². The molecule has 1 saturated heterocycles. The third-order valence-corrected chi connectivity index (χ3v) is 5.95. The lowest BCUT2D eigenvalue weighted by Crippen LogP contribution is -2.49. The summed E-state index contributed by atoms with van der Waals surface area (Å²) in [5.74, 6) is 0.965. The summed E-state index contributed by atoms with van der Waals surface area (Å²) in [6.07, 6.45) is 0. The maximum absolute atomic E-state index is 12.6. The Balaban J connectivity index is 1.39. The molecule has 0 radical (unpaired) electrons. The van der Waals surface area contributed by atoms with Crippen molar-refractivity contribution >= 4 is 32.6 Å². The van der Waals surface area contributed by atoms with E-state index < -0.39 is 0 Å². The number of amides is 1. The number of hydrogen-bond acceptors (Lipinski definition) is 6. The second kappa shape index (κ2) is 7.19. The van der Waals surface area contributed by atoms with Crippen LogP contribution in [0.3, 0.4) is 0 Å². The van der Waals surface area contributed by atoms with Gasteiger partial charge in [-0.25, -0.2) is 4.98 Å². The van der Waals surface area contributed by atoms with Gasteiger partial charge >= 0.3 is 0 Å². The highest BCUT2D eigenvalue weighted by Crippen LogP contribution is 2.31. The standard InChI is InChI=1S/C19H23N5O2S/c1-13-10-14(2)24(21-13)12-18(25)22-6-8-23(9-7-22)19-20-16-5-4-15(26-3)11-17(16)27-19/h4-5,10-11H,6-9,12H2,1-3H3. The molecule has 1 fully saturated rings. The topological polar surface area (TPSA) is 63.5 Å². The molecule has 0 N–H and O–H groups in total. The van der Waals surface area contributed by atoms with Crippen LogP contribution in [0.1, 0.15) is 11.4 Å². The third-order valence-electron chi connectivity index (χ3n) is 4.88. The first-order valence-electron chi connectivity index (χ1n) is 9.02. The van der Waals surface area contributed by atoms with Crippen LogP contribution in [0.25, 0.3) is 10.2 Å². The highest BCUT2D eigenvalue weighted by molar-refractivity contribution is 7.22. The Morgan fingerprint density at radius 3 is 2.63 bits per heavy atom. The second-order valence-corrected chi connectivity index (χ2v) is 7.79. The lowest BCUT2D eigenvalue weighted by Gasteiger charge is -2.34. The van der Waals surface area contributed by atoms with Crippen molar-refractivity contribution in [2.75, 3.05) is 38.2 Å². The van der Waals surface area contributed by atoms with E-state index in [1.165, 1.54) is 0 Å². The average Bonchev–Trinajstić information content (AvgIpc) is 3.23. The Hall–Kier alpha value is -2.61. The van der Waals surface area contributed by atoms with Crippen molar-refractivity contribution in [2.45, 2.75) is 20.4 Å². The van der Waals surface area contributed by atoms with Gasteiger partial charge in [0.25, 0.3) is 0 Å². The number of piperazine rings is 1. The number of aromatic nitrogens is 3. The minimum Gasteiger partial charge on any atom is -0.497 e. The number of methoxy groups -OCH3 is 1. The van der Waals surface area contributed by atoms with E-state index in [2.05, 4.69) is 10.00 Å². The van der Waals surface area contributed by atoms with Crippen LogP contribution in [0.2, 0.25) is 0 Å². The quantitative estimate of drug-likeness (QED) is 0.690. The number of hydrogen-bond donors (Lipinski definition) is 0. The number of ether oxygens (including phenoxy) is 1. The van der Waals surface area contributed by atoms with Crippen molar-refractivity contribution in [1.82, 2.24) is 19.7 Å². The van der Waals surface area contributed by atoms with E-state index in [-0.39, 0.29) is 5.91 Å². The molecule has 8 heteroatoms. The van der Waals surface area contributed by atoms with Crippen LogP contribution in [-0.4, -0.2) is 58.9 Å². The zero-order chi connectivity index (χ0) is 19.0. The van der Waals surface area contributed by atoms with Gasteiger partial charge in [0.2, 0.25) is 5.91 Å². The van der Waals surface area contributed by atoms with Gasteiger partial charge in [-0.2, -0.15) is 5.10 Å². The first-order valence-corrected chi connectivity index (χ1v) is 9.83. The van der Waals surface area contributed by atoms with Gasteiger partial charge in [0, 0.05) is 31.9 Å². The molecule has 4 rings (SSSR count). The Morgan fingerprint density at radius 1 is 1.19 bits per heavy atom. The molecule has 0 aliphatic carbocycles. The number of rotatable bonds is 4. The van der Waals surface area contributed by atoms with Gasteiger partial charge in [-0.1, -0.05) is 11.3 Å². The zero-order valence-electron chi connectivity index (χ0n) is 15.8. The molecule has 1 aliphatic heterocycles. The van der Waals surface area contributed by atoms with Crippen LogP contribution >= 0.6 is 11.3 Å². The Bertz CT molecular complexity index is 972. The summed E-state index contributed by atoms with van der Waals surface area (Å²) in [6, 6.07) is 7.93. The summed E-state index contributed by atoms with van der Waals surface area (Å²) >= 11 is 1.67. The monoisotopic (exact) mass is 385 g/mol. The predicted molar refractivity (Wildman–Crippen MR) is 107 cm³/mol. The molecule has 1 aliphatic rings. The van der Waals surface area contributed by atoms with Gasteiger partial charge in [-0.05, 0) is 38.1 Å². The fourth-order valence-corrected chi connectivity index (χ4v) is 4.41. The number of carbonyl (C=O) groups excluding carboxylic acids is 1. The molecular formula is C19H23N5O2S. The summed E-state index contributed by atoms with van der Waals surface area (Å²) < 4.78 is 8.19. The Kier molecular flexibility index (Phi) is 4.73. The summed E-state index contributed by atoms with van der Waals surface area (Å²) in [6.45, 7) is 7.22. The number of aryl methyl sites for hydroxylation is 2. The lowest BCUT2D eigenvalue weighted by atomic mass is 10.3. The van der Waals surface area contributed by atoms with Crippen LogP contribution in [0.4, 0.5) is 5.13 Å². The van der Waals surface area contributed by atoms with Gasteiger partial charge in [-0.3, -0.25) is 9.48 Å². The van der Waals surface area contributed by atoms with Gasteiger partial charge in [0.05, 0.1) is 23.0 Å². The number of fused-ring (bicyclic) bond motifs is 1. The van der Waals surface area contributed by atoms with Crippen LogP contribution < -0.4 is 9.64 Å². The molecule has 0 bridgehead atoms. The first kappa shape index (κ1) is 17.8. The summed E-state index contributed by atoms with van der Waals surface area (Å²) in [4.78, 5) is 21.5. The molecule has 0 spiro atoms. The van der Waals surface area contributed by atoms with E-state index >= 15 is 0 Å². The maximum Gasteiger partial charge on any atom is 0.244 e. The largest absolute Gasteiger partial charge is 0.497 e. The van der Waals surface area contributed by atoms with E-state index in [4.69, 9.17) is 9.72 Å². The van der Waals surface area contributed by atoms with Crippen molar-refractivity contribution in [3.63, 3.8) is 0 Å². The number of benzene rings is 1. The number of thiazole rings is 1. The Morgan fingerprint density at radius 2 is 1.96 bits per heavy atom. The molecule has 0 atom stereocenters. The van der Waals surface area contributed by atoms with Crippen molar-refractivity contribution in [2.24, 2.45) is 0 Å². The average molecular weight is 385 g/mol. The van der Waals surface area contributed by atoms with Crippen molar-refractivity contribution in [3.8, 4) is 5.75 Å². The van der Waals surface area contributed by atoms with E-state index in [0.29, 0.717) is 19.6 Å². The van der Waals surface area contributed by atoms with Gasteiger partial charge in [0.15, 0.2) is 5.13 Å². The molecule has 2 aromatic heterocycles. The van der Waals surface area contributed by atoms with Crippen LogP contribution in [0, 0.1) is 13.8 Å². The van der Waals surface area contributed by atoms with E-state index in [9.17, 15) is 4.79 Å². The highest BCUT2D eigenvalue weighted by Gasteiger charge is 2.23. The highest BCUT2D eigenvalue weighted by atomic mass is 32.1. The molecule has 1 amide bonds. The van der Waals surface area contributed by atoms with Crippen LogP contribution in [0.5, 0.6) is 5.75 Å². The minimum atomic E-state index is 0.120. The summed E-state index contributed by atoms with van der Waals surface area (Å²) in [7, 11) is 1.67. The van der Waals surface area contributed by atoms with Crippen molar-refractivity contribution in [1.29, 1.82) is 0 Å². The molecule has 0 unspecified atom stereocenters. The number of carbonyl (C=O) groups is 1. The third kappa shape index (κ3) is 3.62. The Labute approximate surface area is 162 Å².